The number of carbonyl (C=O) groups excluding carboxylic acids is 2. The molecule has 0 aromatic carbocycles. The van der Waals surface area contributed by atoms with E-state index in [1.54, 1.807) is 29.3 Å². The zero-order valence-electron chi connectivity index (χ0n) is 14.6. The Labute approximate surface area is 148 Å². The minimum atomic E-state index is -0.0670. The molecule has 3 rings (SSSR count). The van der Waals surface area contributed by atoms with Crippen LogP contribution in [0.4, 0.5) is 0 Å². The Hall–Kier alpha value is -1.99. The van der Waals surface area contributed by atoms with E-state index < -0.39 is 0 Å². The van der Waals surface area contributed by atoms with Crippen LogP contribution in [0.3, 0.4) is 0 Å². The van der Waals surface area contributed by atoms with Gasteiger partial charge in [0.15, 0.2) is 0 Å². The molecule has 0 bridgehead atoms. The molecule has 7 nitrogen and oxygen atoms in total. The lowest BCUT2D eigenvalue weighted by atomic mass is 9.95. The number of hydrogen-bond donors (Lipinski definition) is 2. The summed E-state index contributed by atoms with van der Waals surface area (Å²) in [6.45, 7) is 2.06. The van der Waals surface area contributed by atoms with Crippen molar-refractivity contribution in [2.45, 2.75) is 31.3 Å². The van der Waals surface area contributed by atoms with Crippen LogP contribution in [-0.2, 0) is 4.79 Å². The zero-order valence-corrected chi connectivity index (χ0v) is 14.6. The molecule has 1 aromatic heterocycles. The third kappa shape index (κ3) is 4.16. The highest BCUT2D eigenvalue weighted by Crippen LogP contribution is 2.21. The quantitative estimate of drug-likeness (QED) is 0.809. The largest absolute Gasteiger partial charge is 0.395 e. The Kier molecular flexibility index (Phi) is 5.65. The van der Waals surface area contributed by atoms with E-state index in [4.69, 9.17) is 0 Å². The predicted molar refractivity (Wildman–Crippen MR) is 92.9 cm³/mol. The normalized spacial score (nSPS) is 25.1. The van der Waals surface area contributed by atoms with Gasteiger partial charge in [-0.1, -0.05) is 6.07 Å². The lowest BCUT2D eigenvalue weighted by Gasteiger charge is -2.31. The average Bonchev–Trinajstić information content (AvgIpc) is 3.01. The smallest absolute Gasteiger partial charge is 0.272 e. The first-order chi connectivity index (χ1) is 12.1. The number of piperidine rings is 1. The molecule has 2 fully saturated rings. The maximum Gasteiger partial charge on any atom is 0.272 e. The Morgan fingerprint density at radius 2 is 2.08 bits per heavy atom. The molecule has 3 heterocycles. The molecular weight excluding hydrogens is 320 g/mol. The molecule has 0 aliphatic carbocycles. The predicted octanol–water partition coefficient (Wildman–Crippen LogP) is 0.115. The van der Waals surface area contributed by atoms with Gasteiger partial charge in [0.2, 0.25) is 5.91 Å². The van der Waals surface area contributed by atoms with Crippen LogP contribution >= 0.6 is 0 Å². The Morgan fingerprint density at radius 3 is 2.68 bits per heavy atom. The maximum absolute atomic E-state index is 12.5. The van der Waals surface area contributed by atoms with Gasteiger partial charge in [-0.25, -0.2) is 0 Å². The lowest BCUT2D eigenvalue weighted by Crippen LogP contribution is -2.46. The van der Waals surface area contributed by atoms with E-state index >= 15 is 0 Å². The van der Waals surface area contributed by atoms with Gasteiger partial charge in [-0.15, -0.1) is 0 Å². The molecule has 25 heavy (non-hydrogen) atoms. The molecule has 2 aliphatic rings. The minimum Gasteiger partial charge on any atom is -0.395 e. The number of nitrogens with one attached hydrogen (secondary N) is 1. The summed E-state index contributed by atoms with van der Waals surface area (Å²) in [6, 6.07) is 5.54. The number of pyridine rings is 1. The monoisotopic (exact) mass is 346 g/mol. The topological polar surface area (TPSA) is 85.8 Å². The summed E-state index contributed by atoms with van der Waals surface area (Å²) in [6.07, 6.45) is 3.76. The molecule has 0 saturated carbocycles. The number of rotatable bonds is 4. The molecule has 2 saturated heterocycles. The average molecular weight is 346 g/mol. The van der Waals surface area contributed by atoms with Crippen LogP contribution in [0, 0.1) is 5.92 Å². The molecule has 2 amide bonds. The van der Waals surface area contributed by atoms with E-state index in [9.17, 15) is 14.7 Å². The summed E-state index contributed by atoms with van der Waals surface area (Å²) in [7, 11) is 1.97. The number of amides is 2. The van der Waals surface area contributed by atoms with Crippen molar-refractivity contribution in [2.24, 2.45) is 5.92 Å². The molecule has 7 heteroatoms. The van der Waals surface area contributed by atoms with E-state index in [0.717, 1.165) is 13.0 Å². The number of carbonyl (C=O) groups is 2. The van der Waals surface area contributed by atoms with Gasteiger partial charge in [-0.05, 0) is 38.4 Å². The highest BCUT2D eigenvalue weighted by Gasteiger charge is 2.33. The van der Waals surface area contributed by atoms with Crippen molar-refractivity contribution < 1.29 is 14.7 Å². The fourth-order valence-corrected chi connectivity index (χ4v) is 3.71. The van der Waals surface area contributed by atoms with E-state index in [1.807, 2.05) is 7.05 Å². The fourth-order valence-electron chi connectivity index (χ4n) is 3.71. The van der Waals surface area contributed by atoms with Gasteiger partial charge in [0.1, 0.15) is 5.69 Å². The van der Waals surface area contributed by atoms with Gasteiger partial charge >= 0.3 is 0 Å². The first kappa shape index (κ1) is 17.8. The van der Waals surface area contributed by atoms with E-state index in [2.05, 4.69) is 15.2 Å². The molecule has 2 atom stereocenters. The Morgan fingerprint density at radius 1 is 1.32 bits per heavy atom. The van der Waals surface area contributed by atoms with E-state index in [-0.39, 0.29) is 36.4 Å². The SMILES string of the molecule is CN1C[C@H](NC(=O)C2CCN(C(=O)c3ccccn3)CC2)C[C@H]1CO. The number of likely N-dealkylation sites (tertiary alicyclic amines) is 2. The minimum absolute atomic E-state index is 0.0498. The fraction of sp³-hybridized carbons (Fsp3) is 0.611. The molecule has 0 unspecified atom stereocenters. The number of hydrogen-bond acceptors (Lipinski definition) is 5. The first-order valence-electron chi connectivity index (χ1n) is 8.90. The number of aliphatic hydroxyl groups excluding tert-OH is 1. The van der Waals surface area contributed by atoms with Gasteiger partial charge < -0.3 is 15.3 Å². The number of aliphatic hydroxyl groups is 1. The van der Waals surface area contributed by atoms with Gasteiger partial charge in [0.25, 0.3) is 5.91 Å². The van der Waals surface area contributed by atoms with Crippen LogP contribution in [-0.4, -0.2) is 77.1 Å². The van der Waals surface area contributed by atoms with E-state index in [1.165, 1.54) is 0 Å². The van der Waals surface area contributed by atoms with Crippen LogP contribution < -0.4 is 5.32 Å². The lowest BCUT2D eigenvalue weighted by molar-refractivity contribution is -0.126. The van der Waals surface area contributed by atoms with E-state index in [0.29, 0.717) is 31.6 Å². The third-order valence-corrected chi connectivity index (χ3v) is 5.28. The van der Waals surface area contributed by atoms with Crippen molar-refractivity contribution >= 4 is 11.8 Å². The highest BCUT2D eigenvalue weighted by atomic mass is 16.3. The van der Waals surface area contributed by atoms with Crippen LogP contribution in [0.1, 0.15) is 29.8 Å². The molecule has 2 aliphatic heterocycles. The third-order valence-electron chi connectivity index (χ3n) is 5.28. The van der Waals surface area contributed by atoms with Crippen molar-refractivity contribution in [3.63, 3.8) is 0 Å². The zero-order chi connectivity index (χ0) is 17.8. The van der Waals surface area contributed by atoms with Crippen LogP contribution in [0.5, 0.6) is 0 Å². The molecular formula is C18H26N4O3. The second kappa shape index (κ2) is 7.93. The Bertz CT molecular complexity index is 602. The Balaban J connectivity index is 1.47. The summed E-state index contributed by atoms with van der Waals surface area (Å²) in [4.78, 5) is 32.8. The van der Waals surface area contributed by atoms with Crippen molar-refractivity contribution in [2.75, 3.05) is 33.3 Å². The molecule has 1 aromatic rings. The van der Waals surface area contributed by atoms with Crippen molar-refractivity contribution in [3.8, 4) is 0 Å². The van der Waals surface area contributed by atoms with Crippen molar-refractivity contribution in [1.29, 1.82) is 0 Å². The molecule has 0 spiro atoms. The van der Waals surface area contributed by atoms with Crippen LogP contribution in [0.25, 0.3) is 0 Å². The summed E-state index contributed by atoms with van der Waals surface area (Å²) in [5.74, 6) is -0.0455. The summed E-state index contributed by atoms with van der Waals surface area (Å²) >= 11 is 0. The molecule has 0 radical (unpaired) electrons. The van der Waals surface area contributed by atoms with Gasteiger partial charge in [-0.2, -0.15) is 0 Å². The van der Waals surface area contributed by atoms with Crippen molar-refractivity contribution in [3.05, 3.63) is 30.1 Å². The van der Waals surface area contributed by atoms with Gasteiger partial charge in [0, 0.05) is 43.8 Å². The summed E-state index contributed by atoms with van der Waals surface area (Å²) < 4.78 is 0. The second-order valence-corrected chi connectivity index (χ2v) is 7.00. The second-order valence-electron chi connectivity index (χ2n) is 7.00. The summed E-state index contributed by atoms with van der Waals surface area (Å²) in [5.41, 5.74) is 0.453. The number of nitrogens with zero attached hydrogens (tertiary/aromatic N) is 3. The first-order valence-corrected chi connectivity index (χ1v) is 8.90. The van der Waals surface area contributed by atoms with Crippen LogP contribution in [0.15, 0.2) is 24.4 Å². The van der Waals surface area contributed by atoms with Gasteiger partial charge in [-0.3, -0.25) is 19.5 Å². The standard InChI is InChI=1S/C18H26N4O3/c1-21-11-14(10-15(21)12-23)20-17(24)13-5-8-22(9-6-13)18(25)16-4-2-3-7-19-16/h2-4,7,13-15,23H,5-6,8-12H2,1H3,(H,20,24)/t14-,15+/m1/s1. The van der Waals surface area contributed by atoms with Crippen LogP contribution in [0.2, 0.25) is 0 Å². The van der Waals surface area contributed by atoms with Gasteiger partial charge in [0.05, 0.1) is 6.61 Å². The summed E-state index contributed by atoms with van der Waals surface area (Å²) in [5, 5.41) is 12.4. The maximum atomic E-state index is 12.5. The molecule has 2 N–H and O–H groups in total. The highest BCUT2D eigenvalue weighted by molar-refractivity contribution is 5.92. The molecule has 136 valence electrons. The van der Waals surface area contributed by atoms with Crippen molar-refractivity contribution in [1.82, 2.24) is 20.1 Å². The number of likely N-dealkylation sites (N-methyl/N-ethyl adjacent to an activating group) is 1. The number of aromatic nitrogens is 1.